The number of aryl methyl sites for hydroxylation is 1. The number of rotatable bonds is 9. The normalized spacial score (nSPS) is 10.9. The lowest BCUT2D eigenvalue weighted by Gasteiger charge is -2.28. The zero-order valence-electron chi connectivity index (χ0n) is 31.1. The molecule has 9 aromatic rings. The molecule has 56 heavy (non-hydrogen) atoms. The second-order valence-electron chi connectivity index (χ2n) is 13.9. The summed E-state index contributed by atoms with van der Waals surface area (Å²) < 4.78 is 0. The van der Waals surface area contributed by atoms with Crippen LogP contribution in [-0.2, 0) is 0 Å². The molecule has 0 aliphatic carbocycles. The standard InChI is InChI=1S/C53H39N3/c1-38-37-55-52(36-50(38)43-19-9-4-10-20-43)46-22-14-24-48(34-46)56(53-26-12-11-25-49(53)42-17-7-3-8-18-42)47-23-13-21-45(33-47)51-35-44(31-32-54-51)41-29-27-40(28-30-41)39-15-5-2-6-16-39/h2-37H,1H3. The van der Waals surface area contributed by atoms with Crippen molar-refractivity contribution in [3.8, 4) is 67.0 Å². The van der Waals surface area contributed by atoms with Crippen molar-refractivity contribution in [1.82, 2.24) is 9.97 Å². The molecule has 7 aromatic carbocycles. The smallest absolute Gasteiger partial charge is 0.0709 e. The largest absolute Gasteiger partial charge is 0.310 e. The molecule has 0 atom stereocenters. The molecule has 0 spiro atoms. The molecule has 3 nitrogen and oxygen atoms in total. The van der Waals surface area contributed by atoms with Crippen LogP contribution >= 0.6 is 0 Å². The van der Waals surface area contributed by atoms with Crippen LogP contribution in [0.3, 0.4) is 0 Å². The van der Waals surface area contributed by atoms with Gasteiger partial charge >= 0.3 is 0 Å². The van der Waals surface area contributed by atoms with Gasteiger partial charge in [-0.2, -0.15) is 0 Å². The number of benzene rings is 7. The summed E-state index contributed by atoms with van der Waals surface area (Å²) in [6.07, 6.45) is 3.89. The van der Waals surface area contributed by atoms with E-state index < -0.39 is 0 Å². The Kier molecular flexibility index (Phi) is 9.55. The van der Waals surface area contributed by atoms with Crippen LogP contribution in [0.25, 0.3) is 67.0 Å². The Morgan fingerprint density at radius 2 is 0.821 bits per heavy atom. The Balaban J connectivity index is 1.13. The fourth-order valence-electron chi connectivity index (χ4n) is 7.43. The molecule has 3 heteroatoms. The first-order valence-corrected chi connectivity index (χ1v) is 19.0. The summed E-state index contributed by atoms with van der Waals surface area (Å²) in [6, 6.07) is 72.9. The summed E-state index contributed by atoms with van der Waals surface area (Å²) in [5.41, 5.74) is 17.6. The summed E-state index contributed by atoms with van der Waals surface area (Å²) in [6.45, 7) is 2.12. The van der Waals surface area contributed by atoms with Gasteiger partial charge in [-0.15, -0.1) is 0 Å². The molecule has 0 bridgehead atoms. The first kappa shape index (κ1) is 34.4. The number of hydrogen-bond donors (Lipinski definition) is 0. The van der Waals surface area contributed by atoms with E-state index in [4.69, 9.17) is 9.97 Å². The Morgan fingerprint density at radius 1 is 0.339 bits per heavy atom. The maximum absolute atomic E-state index is 4.93. The number of pyridine rings is 2. The van der Waals surface area contributed by atoms with Crippen molar-refractivity contribution in [3.05, 3.63) is 224 Å². The molecule has 266 valence electrons. The van der Waals surface area contributed by atoms with E-state index >= 15 is 0 Å². The molecule has 9 rings (SSSR count). The predicted octanol–water partition coefficient (Wildman–Crippen LogP) is 14.3. The minimum Gasteiger partial charge on any atom is -0.310 e. The van der Waals surface area contributed by atoms with E-state index in [1.54, 1.807) is 0 Å². The lowest BCUT2D eigenvalue weighted by molar-refractivity contribution is 1.25. The second-order valence-corrected chi connectivity index (χ2v) is 13.9. The van der Waals surface area contributed by atoms with Gasteiger partial charge in [0.25, 0.3) is 0 Å². The van der Waals surface area contributed by atoms with Crippen molar-refractivity contribution < 1.29 is 0 Å². The molecule has 0 unspecified atom stereocenters. The van der Waals surface area contributed by atoms with Crippen LogP contribution in [-0.4, -0.2) is 9.97 Å². The van der Waals surface area contributed by atoms with Gasteiger partial charge in [-0.25, -0.2) is 0 Å². The highest BCUT2D eigenvalue weighted by atomic mass is 15.1. The zero-order valence-corrected chi connectivity index (χ0v) is 31.1. The van der Waals surface area contributed by atoms with E-state index in [1.807, 2.05) is 18.5 Å². The summed E-state index contributed by atoms with van der Waals surface area (Å²) in [5, 5.41) is 0. The fraction of sp³-hybridized carbons (Fsp3) is 0.0189. The number of aromatic nitrogens is 2. The third-order valence-corrected chi connectivity index (χ3v) is 10.3. The van der Waals surface area contributed by atoms with Crippen molar-refractivity contribution in [1.29, 1.82) is 0 Å². The van der Waals surface area contributed by atoms with Gasteiger partial charge < -0.3 is 4.90 Å². The predicted molar refractivity (Wildman–Crippen MR) is 234 cm³/mol. The second kappa shape index (κ2) is 15.5. The van der Waals surface area contributed by atoms with Gasteiger partial charge in [-0.05, 0) is 100.0 Å². The SMILES string of the molecule is Cc1cnc(-c2cccc(N(c3cccc(-c4cc(-c5ccc(-c6ccccc6)cc5)ccn4)c3)c3ccccc3-c3ccccc3)c2)cc1-c1ccccc1. The molecule has 0 aliphatic rings. The van der Waals surface area contributed by atoms with Crippen molar-refractivity contribution in [3.63, 3.8) is 0 Å². The monoisotopic (exact) mass is 717 g/mol. The number of anilines is 3. The quantitative estimate of drug-likeness (QED) is 0.149. The first-order chi connectivity index (χ1) is 27.7. The summed E-state index contributed by atoms with van der Waals surface area (Å²) in [4.78, 5) is 12.2. The minimum absolute atomic E-state index is 0.916. The highest BCUT2D eigenvalue weighted by Gasteiger charge is 2.19. The molecule has 2 aromatic heterocycles. The Labute approximate surface area is 328 Å². The Morgan fingerprint density at radius 3 is 1.45 bits per heavy atom. The Hall–Kier alpha value is -7.36. The zero-order chi connectivity index (χ0) is 37.7. The van der Waals surface area contributed by atoms with Crippen molar-refractivity contribution in [2.45, 2.75) is 6.92 Å². The molecule has 0 aliphatic heterocycles. The van der Waals surface area contributed by atoms with Crippen LogP contribution in [0.5, 0.6) is 0 Å². The van der Waals surface area contributed by atoms with Gasteiger partial charge in [0.1, 0.15) is 0 Å². The van der Waals surface area contributed by atoms with Crippen LogP contribution in [0.1, 0.15) is 5.56 Å². The van der Waals surface area contributed by atoms with E-state index in [0.29, 0.717) is 0 Å². The summed E-state index contributed by atoms with van der Waals surface area (Å²) in [5.74, 6) is 0. The Bertz CT molecular complexity index is 2740. The van der Waals surface area contributed by atoms with E-state index in [2.05, 4.69) is 212 Å². The van der Waals surface area contributed by atoms with Gasteiger partial charge in [-0.3, -0.25) is 9.97 Å². The first-order valence-electron chi connectivity index (χ1n) is 19.0. The maximum Gasteiger partial charge on any atom is 0.0709 e. The molecule has 0 fully saturated rings. The van der Waals surface area contributed by atoms with Crippen LogP contribution in [0.4, 0.5) is 17.1 Å². The average Bonchev–Trinajstić information content (AvgIpc) is 3.28. The molecule has 0 saturated carbocycles. The third-order valence-electron chi connectivity index (χ3n) is 10.3. The van der Waals surface area contributed by atoms with E-state index in [9.17, 15) is 0 Å². The van der Waals surface area contributed by atoms with Gasteiger partial charge in [-0.1, -0.05) is 158 Å². The lowest BCUT2D eigenvalue weighted by atomic mass is 9.98. The summed E-state index contributed by atoms with van der Waals surface area (Å²) in [7, 11) is 0. The molecular weight excluding hydrogens is 679 g/mol. The van der Waals surface area contributed by atoms with Crippen molar-refractivity contribution in [2.24, 2.45) is 0 Å². The minimum atomic E-state index is 0.916. The summed E-state index contributed by atoms with van der Waals surface area (Å²) >= 11 is 0. The fourth-order valence-corrected chi connectivity index (χ4v) is 7.43. The van der Waals surface area contributed by atoms with Crippen LogP contribution < -0.4 is 4.90 Å². The van der Waals surface area contributed by atoms with Crippen LogP contribution in [0.2, 0.25) is 0 Å². The third kappa shape index (κ3) is 7.14. The molecule has 0 amide bonds. The lowest BCUT2D eigenvalue weighted by Crippen LogP contribution is -2.11. The number of para-hydroxylation sites is 1. The number of nitrogens with zero attached hydrogens (tertiary/aromatic N) is 3. The van der Waals surface area contributed by atoms with Crippen molar-refractivity contribution >= 4 is 17.1 Å². The highest BCUT2D eigenvalue weighted by Crippen LogP contribution is 2.43. The molecule has 0 radical (unpaired) electrons. The van der Waals surface area contributed by atoms with Crippen LogP contribution in [0, 0.1) is 6.92 Å². The van der Waals surface area contributed by atoms with Crippen LogP contribution in [0.15, 0.2) is 219 Å². The van der Waals surface area contributed by atoms with E-state index in [1.165, 1.54) is 22.3 Å². The maximum atomic E-state index is 4.93. The van der Waals surface area contributed by atoms with Gasteiger partial charge in [0.15, 0.2) is 0 Å². The van der Waals surface area contributed by atoms with Crippen molar-refractivity contribution in [2.75, 3.05) is 4.90 Å². The molecule has 0 N–H and O–H groups in total. The average molecular weight is 718 g/mol. The van der Waals surface area contributed by atoms with E-state index in [0.717, 1.165) is 67.4 Å². The molecule has 0 saturated heterocycles. The molecular formula is C53H39N3. The topological polar surface area (TPSA) is 29.0 Å². The van der Waals surface area contributed by atoms with Gasteiger partial charge in [0, 0.05) is 40.5 Å². The number of hydrogen-bond acceptors (Lipinski definition) is 3. The highest BCUT2D eigenvalue weighted by molar-refractivity contribution is 5.90. The van der Waals surface area contributed by atoms with E-state index in [-0.39, 0.29) is 0 Å². The van der Waals surface area contributed by atoms with Gasteiger partial charge in [0.05, 0.1) is 17.1 Å². The molecule has 2 heterocycles. The van der Waals surface area contributed by atoms with Gasteiger partial charge in [0.2, 0.25) is 0 Å².